The molecule has 8 heteroatoms. The molecule has 3 atom stereocenters. The maximum absolute atomic E-state index is 13.5. The lowest BCUT2D eigenvalue weighted by Gasteiger charge is -2.36. The van der Waals surface area contributed by atoms with E-state index in [9.17, 15) is 18.0 Å². The van der Waals surface area contributed by atoms with Crippen LogP contribution in [0.1, 0.15) is 45.6 Å². The number of rotatable bonds is 5. The minimum atomic E-state index is -4.60. The van der Waals surface area contributed by atoms with Gasteiger partial charge in [-0.05, 0) is 60.9 Å². The van der Waals surface area contributed by atoms with Gasteiger partial charge in [-0.2, -0.15) is 13.2 Å². The summed E-state index contributed by atoms with van der Waals surface area (Å²) in [7, 11) is 0. The van der Waals surface area contributed by atoms with Crippen LogP contribution in [0.4, 0.5) is 13.2 Å². The third kappa shape index (κ3) is 5.09. The molecule has 0 amide bonds. The van der Waals surface area contributed by atoms with Crippen LogP contribution in [-0.2, 0) is 22.3 Å². The number of hydrogen-bond acceptors (Lipinski definition) is 3. The standard InChI is InChI=1S/C26H28ClF3N2O2/c1-15(2)18-10-8-16(3)12-23(18)34-24(33)14-32-22-7-5-4-6-21(22)31-25(32)17-9-11-20(27)19(13-17)26(28,29)30/h4-7,9,11,13,15-16,18,23H,8,10,12,14H2,1-3H3/t16-,18+,23-/m1/s1. The van der Waals surface area contributed by atoms with Crippen molar-refractivity contribution in [3.8, 4) is 11.4 Å². The summed E-state index contributed by atoms with van der Waals surface area (Å²) in [5, 5.41) is -0.385. The highest BCUT2D eigenvalue weighted by atomic mass is 35.5. The number of halogens is 4. The Morgan fingerprint density at radius 2 is 1.94 bits per heavy atom. The normalized spacial score (nSPS) is 21.2. The molecule has 1 heterocycles. The van der Waals surface area contributed by atoms with Gasteiger partial charge in [-0.3, -0.25) is 4.79 Å². The molecule has 4 nitrogen and oxygen atoms in total. The van der Waals surface area contributed by atoms with Crippen LogP contribution >= 0.6 is 11.6 Å². The molecular weight excluding hydrogens is 465 g/mol. The van der Waals surface area contributed by atoms with Crippen LogP contribution in [0.25, 0.3) is 22.4 Å². The van der Waals surface area contributed by atoms with E-state index < -0.39 is 17.7 Å². The third-order valence-corrected chi connectivity index (χ3v) is 7.05. The van der Waals surface area contributed by atoms with Crippen molar-refractivity contribution in [2.24, 2.45) is 17.8 Å². The summed E-state index contributed by atoms with van der Waals surface area (Å²) in [5.74, 6) is 1.01. The van der Waals surface area contributed by atoms with Crippen LogP contribution in [0.15, 0.2) is 42.5 Å². The highest BCUT2D eigenvalue weighted by Crippen LogP contribution is 2.38. The van der Waals surface area contributed by atoms with Crippen molar-refractivity contribution in [2.75, 3.05) is 0 Å². The van der Waals surface area contributed by atoms with Crippen LogP contribution < -0.4 is 0 Å². The number of para-hydroxylation sites is 2. The van der Waals surface area contributed by atoms with E-state index in [4.69, 9.17) is 16.3 Å². The molecule has 0 saturated heterocycles. The minimum Gasteiger partial charge on any atom is -0.461 e. The first-order chi connectivity index (χ1) is 16.0. The molecule has 2 aromatic carbocycles. The third-order valence-electron chi connectivity index (χ3n) is 6.72. The van der Waals surface area contributed by atoms with Gasteiger partial charge in [-0.25, -0.2) is 4.98 Å². The van der Waals surface area contributed by atoms with E-state index in [0.717, 1.165) is 25.3 Å². The van der Waals surface area contributed by atoms with Gasteiger partial charge in [-0.1, -0.05) is 50.9 Å². The van der Waals surface area contributed by atoms with E-state index in [1.54, 1.807) is 28.8 Å². The number of aromatic nitrogens is 2. The zero-order chi connectivity index (χ0) is 24.6. The largest absolute Gasteiger partial charge is 0.461 e. The maximum Gasteiger partial charge on any atom is 0.417 e. The molecule has 1 saturated carbocycles. The Hall–Kier alpha value is -2.54. The number of esters is 1. The smallest absolute Gasteiger partial charge is 0.417 e. The Balaban J connectivity index is 1.68. The molecule has 1 aliphatic carbocycles. The number of alkyl halides is 3. The predicted octanol–water partition coefficient (Wildman–Crippen LogP) is 7.38. The molecular formula is C26H28ClF3N2O2. The molecule has 3 aromatic rings. The lowest BCUT2D eigenvalue weighted by atomic mass is 9.75. The van der Waals surface area contributed by atoms with Crippen LogP contribution in [0.3, 0.4) is 0 Å². The summed E-state index contributed by atoms with van der Waals surface area (Å²) < 4.78 is 48.0. The summed E-state index contributed by atoms with van der Waals surface area (Å²) >= 11 is 5.81. The van der Waals surface area contributed by atoms with Crippen molar-refractivity contribution in [1.82, 2.24) is 9.55 Å². The molecule has 0 bridgehead atoms. The van der Waals surface area contributed by atoms with Gasteiger partial charge in [0, 0.05) is 5.56 Å². The van der Waals surface area contributed by atoms with Gasteiger partial charge in [0.15, 0.2) is 0 Å². The Labute approximate surface area is 202 Å². The summed E-state index contributed by atoms with van der Waals surface area (Å²) in [4.78, 5) is 17.6. The second-order valence-electron chi connectivity index (χ2n) is 9.56. The first-order valence-corrected chi connectivity index (χ1v) is 11.9. The number of carbonyl (C=O) groups excluding carboxylic acids is 1. The fourth-order valence-electron chi connectivity index (χ4n) is 4.92. The highest BCUT2D eigenvalue weighted by Gasteiger charge is 2.35. The summed E-state index contributed by atoms with van der Waals surface area (Å²) in [5.41, 5.74) is 0.520. The molecule has 182 valence electrons. The van der Waals surface area contributed by atoms with Gasteiger partial charge in [-0.15, -0.1) is 0 Å². The van der Waals surface area contributed by atoms with E-state index in [0.29, 0.717) is 28.8 Å². The van der Waals surface area contributed by atoms with E-state index in [1.807, 2.05) is 0 Å². The molecule has 0 spiro atoms. The number of nitrogens with zero attached hydrogens (tertiary/aromatic N) is 2. The van der Waals surface area contributed by atoms with Crippen LogP contribution in [-0.4, -0.2) is 21.6 Å². The summed E-state index contributed by atoms with van der Waals surface area (Å²) in [6.45, 7) is 6.30. The van der Waals surface area contributed by atoms with Crippen LogP contribution in [0.5, 0.6) is 0 Å². The average molecular weight is 493 g/mol. The van der Waals surface area contributed by atoms with Gasteiger partial charge in [0.2, 0.25) is 0 Å². The van der Waals surface area contributed by atoms with Crippen molar-refractivity contribution >= 4 is 28.6 Å². The molecule has 0 aliphatic heterocycles. The van der Waals surface area contributed by atoms with Gasteiger partial charge >= 0.3 is 12.1 Å². The first-order valence-electron chi connectivity index (χ1n) is 11.6. The maximum atomic E-state index is 13.5. The molecule has 1 aliphatic rings. The zero-order valence-electron chi connectivity index (χ0n) is 19.4. The second-order valence-corrected chi connectivity index (χ2v) is 9.96. The van der Waals surface area contributed by atoms with E-state index in [1.165, 1.54) is 12.1 Å². The quantitative estimate of drug-likeness (QED) is 0.349. The van der Waals surface area contributed by atoms with Crippen LogP contribution in [0.2, 0.25) is 5.02 Å². The van der Waals surface area contributed by atoms with Crippen molar-refractivity contribution < 1.29 is 22.7 Å². The molecule has 1 fully saturated rings. The van der Waals surface area contributed by atoms with E-state index in [-0.39, 0.29) is 29.1 Å². The zero-order valence-corrected chi connectivity index (χ0v) is 20.2. The minimum absolute atomic E-state index is 0.143. The topological polar surface area (TPSA) is 44.1 Å². The number of fused-ring (bicyclic) bond motifs is 1. The van der Waals surface area contributed by atoms with Crippen LogP contribution in [0, 0.1) is 17.8 Å². The SMILES string of the molecule is CC(C)[C@@H]1CC[C@@H](C)C[C@H]1OC(=O)Cn1c(-c2ccc(Cl)c(C(F)(F)F)c2)nc2ccccc21. The molecule has 0 radical (unpaired) electrons. The molecule has 34 heavy (non-hydrogen) atoms. The highest BCUT2D eigenvalue weighted by molar-refractivity contribution is 6.31. The fraction of sp³-hybridized carbons (Fsp3) is 0.462. The Morgan fingerprint density at radius 3 is 2.65 bits per heavy atom. The fourth-order valence-corrected chi connectivity index (χ4v) is 5.15. The second kappa shape index (κ2) is 9.61. The Bertz CT molecular complexity index is 1190. The predicted molar refractivity (Wildman–Crippen MR) is 126 cm³/mol. The first kappa shape index (κ1) is 24.6. The molecule has 1 aromatic heterocycles. The van der Waals surface area contributed by atoms with Crippen molar-refractivity contribution in [1.29, 1.82) is 0 Å². The molecule has 0 N–H and O–H groups in total. The van der Waals surface area contributed by atoms with Gasteiger partial charge in [0.25, 0.3) is 0 Å². The van der Waals surface area contributed by atoms with E-state index in [2.05, 4.69) is 25.8 Å². The molecule has 0 unspecified atom stereocenters. The summed E-state index contributed by atoms with van der Waals surface area (Å²) in [6.07, 6.45) is -1.82. The van der Waals surface area contributed by atoms with Gasteiger partial charge < -0.3 is 9.30 Å². The number of benzene rings is 2. The van der Waals surface area contributed by atoms with E-state index >= 15 is 0 Å². The van der Waals surface area contributed by atoms with Crippen molar-refractivity contribution in [3.05, 3.63) is 53.1 Å². The lowest BCUT2D eigenvalue weighted by Crippen LogP contribution is -2.36. The average Bonchev–Trinajstić information content (AvgIpc) is 3.11. The van der Waals surface area contributed by atoms with Crippen molar-refractivity contribution in [3.63, 3.8) is 0 Å². The summed E-state index contributed by atoms with van der Waals surface area (Å²) in [6, 6.07) is 10.8. The van der Waals surface area contributed by atoms with Crippen molar-refractivity contribution in [2.45, 2.75) is 58.9 Å². The Morgan fingerprint density at radius 1 is 1.21 bits per heavy atom. The number of ether oxygens (including phenoxy) is 1. The molecule has 4 rings (SSSR count). The van der Waals surface area contributed by atoms with Gasteiger partial charge in [0.1, 0.15) is 18.5 Å². The number of hydrogen-bond donors (Lipinski definition) is 0. The van der Waals surface area contributed by atoms with Gasteiger partial charge in [0.05, 0.1) is 21.6 Å². The lowest BCUT2D eigenvalue weighted by molar-refractivity contribution is -0.156. The Kier molecular flexibility index (Phi) is 6.94. The number of imidazole rings is 1. The number of carbonyl (C=O) groups is 1. The monoisotopic (exact) mass is 492 g/mol.